The minimum absolute atomic E-state index is 0.482. The van der Waals surface area contributed by atoms with E-state index in [4.69, 9.17) is 0 Å². The van der Waals surface area contributed by atoms with Crippen molar-refractivity contribution in [2.24, 2.45) is 5.92 Å². The number of hydrogen-bond acceptors (Lipinski definition) is 4. The van der Waals surface area contributed by atoms with Crippen LogP contribution in [0.3, 0.4) is 0 Å². The Morgan fingerprint density at radius 2 is 1.83 bits per heavy atom. The standard InChI is InChI=1S/C22H25F2N5/c1-15-17(6-7-29-21(12-16-2-3-16)25-26-22(15)29)14-27-8-10-28(11-9-27)20-5-4-18(23)13-19(20)24/h4-7,13,16H,2-3,8-12,14H2,1H3. The van der Waals surface area contributed by atoms with Crippen LogP contribution >= 0.6 is 0 Å². The largest absolute Gasteiger partial charge is 0.367 e. The lowest BCUT2D eigenvalue weighted by Crippen LogP contribution is -2.46. The molecule has 1 aliphatic heterocycles. The normalized spacial score (nSPS) is 18.0. The van der Waals surface area contributed by atoms with Crippen LogP contribution in [0.1, 0.15) is 29.8 Å². The zero-order valence-corrected chi connectivity index (χ0v) is 16.6. The van der Waals surface area contributed by atoms with Gasteiger partial charge in [0.05, 0.1) is 5.69 Å². The molecule has 1 aliphatic carbocycles. The highest BCUT2D eigenvalue weighted by molar-refractivity contribution is 5.51. The summed E-state index contributed by atoms with van der Waals surface area (Å²) in [5.74, 6) is 0.815. The lowest BCUT2D eigenvalue weighted by Gasteiger charge is -2.36. The number of nitrogens with zero attached hydrogens (tertiary/aromatic N) is 5. The average Bonchev–Trinajstić information content (AvgIpc) is 3.43. The number of pyridine rings is 1. The van der Waals surface area contributed by atoms with E-state index in [-0.39, 0.29) is 0 Å². The van der Waals surface area contributed by atoms with E-state index in [0.29, 0.717) is 5.69 Å². The molecule has 0 amide bonds. The Balaban J connectivity index is 1.26. The summed E-state index contributed by atoms with van der Waals surface area (Å²) in [6, 6.07) is 5.98. The molecule has 1 aromatic carbocycles. The first kappa shape index (κ1) is 18.5. The van der Waals surface area contributed by atoms with Crippen LogP contribution in [0.25, 0.3) is 5.65 Å². The Kier molecular flexibility index (Phi) is 4.70. The number of hydrogen-bond donors (Lipinski definition) is 0. The van der Waals surface area contributed by atoms with Crippen molar-refractivity contribution < 1.29 is 8.78 Å². The number of rotatable bonds is 5. The Hall–Kier alpha value is -2.54. The van der Waals surface area contributed by atoms with Gasteiger partial charge < -0.3 is 4.90 Å². The van der Waals surface area contributed by atoms with Crippen molar-refractivity contribution in [1.82, 2.24) is 19.5 Å². The third kappa shape index (κ3) is 3.71. The number of benzene rings is 1. The predicted molar refractivity (Wildman–Crippen MR) is 108 cm³/mol. The number of piperazine rings is 1. The van der Waals surface area contributed by atoms with E-state index in [0.717, 1.165) is 62.6 Å². The van der Waals surface area contributed by atoms with Gasteiger partial charge in [0, 0.05) is 51.4 Å². The third-order valence-electron chi connectivity index (χ3n) is 6.19. The molecule has 0 spiro atoms. The van der Waals surface area contributed by atoms with Gasteiger partial charge in [0.25, 0.3) is 0 Å². The van der Waals surface area contributed by atoms with Crippen LogP contribution < -0.4 is 4.90 Å². The van der Waals surface area contributed by atoms with Crippen LogP contribution in [0.5, 0.6) is 0 Å². The summed E-state index contributed by atoms with van der Waals surface area (Å²) in [5, 5.41) is 8.85. The Morgan fingerprint density at radius 3 is 2.55 bits per heavy atom. The second-order valence-corrected chi connectivity index (χ2v) is 8.28. The molecule has 2 aromatic heterocycles. The fourth-order valence-electron chi connectivity index (χ4n) is 4.19. The van der Waals surface area contributed by atoms with Gasteiger partial charge in [-0.25, -0.2) is 8.78 Å². The highest BCUT2D eigenvalue weighted by Crippen LogP contribution is 2.32. The van der Waals surface area contributed by atoms with Gasteiger partial charge in [0.15, 0.2) is 5.65 Å². The highest BCUT2D eigenvalue weighted by Gasteiger charge is 2.25. The zero-order valence-electron chi connectivity index (χ0n) is 16.6. The third-order valence-corrected chi connectivity index (χ3v) is 6.19. The molecule has 0 atom stereocenters. The summed E-state index contributed by atoms with van der Waals surface area (Å²) in [5.41, 5.74) is 3.86. The topological polar surface area (TPSA) is 36.7 Å². The van der Waals surface area contributed by atoms with E-state index >= 15 is 0 Å². The van der Waals surface area contributed by atoms with Crippen LogP contribution in [0, 0.1) is 24.5 Å². The van der Waals surface area contributed by atoms with Gasteiger partial charge in [0.2, 0.25) is 0 Å². The van der Waals surface area contributed by atoms with Crippen LogP contribution in [0.15, 0.2) is 30.5 Å². The summed E-state index contributed by atoms with van der Waals surface area (Å²) in [7, 11) is 0. The fraction of sp³-hybridized carbons (Fsp3) is 0.455. The van der Waals surface area contributed by atoms with Crippen molar-refractivity contribution in [3.05, 3.63) is 59.0 Å². The first-order valence-corrected chi connectivity index (χ1v) is 10.3. The maximum atomic E-state index is 14.1. The van der Waals surface area contributed by atoms with Crippen molar-refractivity contribution in [1.29, 1.82) is 0 Å². The van der Waals surface area contributed by atoms with E-state index < -0.39 is 11.6 Å². The van der Waals surface area contributed by atoms with Crippen LogP contribution in [-0.4, -0.2) is 45.7 Å². The Morgan fingerprint density at radius 1 is 1.03 bits per heavy atom. The smallest absolute Gasteiger partial charge is 0.164 e. The molecule has 7 heteroatoms. The molecule has 0 bridgehead atoms. The minimum Gasteiger partial charge on any atom is -0.367 e. The number of anilines is 1. The van der Waals surface area contributed by atoms with Crippen LogP contribution in [0.2, 0.25) is 0 Å². The van der Waals surface area contributed by atoms with Gasteiger partial charge >= 0.3 is 0 Å². The molecular weight excluding hydrogens is 372 g/mol. The lowest BCUT2D eigenvalue weighted by molar-refractivity contribution is 0.249. The number of aryl methyl sites for hydroxylation is 1. The van der Waals surface area contributed by atoms with E-state index in [9.17, 15) is 8.78 Å². The summed E-state index contributed by atoms with van der Waals surface area (Å²) in [6.07, 6.45) is 5.72. The van der Waals surface area contributed by atoms with Crippen LogP contribution in [0.4, 0.5) is 14.5 Å². The molecule has 0 unspecified atom stereocenters. The van der Waals surface area contributed by atoms with Crippen molar-refractivity contribution in [2.75, 3.05) is 31.1 Å². The first-order chi connectivity index (χ1) is 14.1. The van der Waals surface area contributed by atoms with Gasteiger partial charge in [-0.1, -0.05) is 0 Å². The lowest BCUT2D eigenvalue weighted by atomic mass is 10.1. The molecule has 3 heterocycles. The molecule has 2 fully saturated rings. The van der Waals surface area contributed by atoms with Crippen molar-refractivity contribution in [3.8, 4) is 0 Å². The average molecular weight is 397 g/mol. The van der Waals surface area contributed by atoms with E-state index in [2.05, 4.69) is 38.7 Å². The summed E-state index contributed by atoms with van der Waals surface area (Å²) in [6.45, 7) is 6.07. The van der Waals surface area contributed by atoms with Crippen LogP contribution in [-0.2, 0) is 13.0 Å². The van der Waals surface area contributed by atoms with Gasteiger partial charge in [-0.2, -0.15) is 0 Å². The van der Waals surface area contributed by atoms with E-state index in [1.54, 1.807) is 0 Å². The Bertz CT molecular complexity index is 1040. The predicted octanol–water partition coefficient (Wildman–Crippen LogP) is 3.59. The number of halogens is 2. The molecule has 5 rings (SSSR count). The quantitative estimate of drug-likeness (QED) is 0.659. The van der Waals surface area contributed by atoms with E-state index in [1.165, 1.54) is 36.1 Å². The molecular formula is C22H25F2N5. The highest BCUT2D eigenvalue weighted by atomic mass is 19.1. The molecule has 2 aliphatic rings. The SMILES string of the molecule is Cc1c(CN2CCN(c3ccc(F)cc3F)CC2)ccn2c(CC3CC3)nnc12. The molecule has 0 N–H and O–H groups in total. The molecule has 1 saturated carbocycles. The van der Waals surface area contributed by atoms with Gasteiger partial charge in [0.1, 0.15) is 17.5 Å². The minimum atomic E-state index is -0.537. The molecule has 5 nitrogen and oxygen atoms in total. The maximum absolute atomic E-state index is 14.1. The number of aromatic nitrogens is 3. The van der Waals surface area contributed by atoms with E-state index in [1.807, 2.05) is 4.90 Å². The van der Waals surface area contributed by atoms with Crippen molar-refractivity contribution in [2.45, 2.75) is 32.7 Å². The summed E-state index contributed by atoms with van der Waals surface area (Å²) in [4.78, 5) is 4.36. The molecule has 1 saturated heterocycles. The zero-order chi connectivity index (χ0) is 20.0. The van der Waals surface area contributed by atoms with Gasteiger partial charge in [-0.15, -0.1) is 10.2 Å². The first-order valence-electron chi connectivity index (χ1n) is 10.3. The van der Waals surface area contributed by atoms with Gasteiger partial charge in [-0.3, -0.25) is 9.30 Å². The molecule has 3 aromatic rings. The summed E-state index contributed by atoms with van der Waals surface area (Å²) < 4.78 is 29.3. The van der Waals surface area contributed by atoms with Gasteiger partial charge in [-0.05, 0) is 55.0 Å². The fourth-order valence-corrected chi connectivity index (χ4v) is 4.19. The number of fused-ring (bicyclic) bond motifs is 1. The maximum Gasteiger partial charge on any atom is 0.164 e. The van der Waals surface area contributed by atoms with Crippen molar-refractivity contribution >= 4 is 11.3 Å². The summed E-state index contributed by atoms with van der Waals surface area (Å²) >= 11 is 0. The molecule has 152 valence electrons. The molecule has 0 radical (unpaired) electrons. The van der Waals surface area contributed by atoms with Crippen molar-refractivity contribution in [3.63, 3.8) is 0 Å². The second-order valence-electron chi connectivity index (χ2n) is 8.28. The molecule has 29 heavy (non-hydrogen) atoms. The Labute approximate surface area is 169 Å². The monoisotopic (exact) mass is 397 g/mol. The second kappa shape index (κ2) is 7.37.